The van der Waals surface area contributed by atoms with E-state index < -0.39 is 0 Å². The Morgan fingerprint density at radius 2 is 1.80 bits per heavy atom. The van der Waals surface area contributed by atoms with Crippen LogP contribution in [0.15, 0.2) is 54.2 Å². The molecular weight excluding hydrogens is 332 g/mol. The molecule has 2 aromatic heterocycles. The van der Waals surface area contributed by atoms with Crippen LogP contribution in [0.1, 0.15) is 23.9 Å². The summed E-state index contributed by atoms with van der Waals surface area (Å²) >= 11 is 1.65. The Morgan fingerprint density at radius 3 is 2.52 bits per heavy atom. The molecule has 0 spiro atoms. The average Bonchev–Trinajstić information content (AvgIpc) is 3.09. The first kappa shape index (κ1) is 17.6. The van der Waals surface area contributed by atoms with E-state index in [1.165, 1.54) is 5.56 Å². The van der Waals surface area contributed by atoms with Gasteiger partial charge in [-0.25, -0.2) is 9.97 Å². The van der Waals surface area contributed by atoms with Crippen molar-refractivity contribution >= 4 is 11.8 Å². The van der Waals surface area contributed by atoms with Crippen LogP contribution in [0.2, 0.25) is 0 Å². The highest BCUT2D eigenvalue weighted by Gasteiger charge is 2.08. The molecule has 0 N–H and O–H groups in total. The van der Waals surface area contributed by atoms with Crippen LogP contribution in [0.4, 0.5) is 0 Å². The van der Waals surface area contributed by atoms with Crippen molar-refractivity contribution in [1.29, 1.82) is 0 Å². The Morgan fingerprint density at radius 1 is 1.04 bits per heavy atom. The highest BCUT2D eigenvalue weighted by molar-refractivity contribution is 7.98. The van der Waals surface area contributed by atoms with Crippen molar-refractivity contribution in [1.82, 2.24) is 29.6 Å². The van der Waals surface area contributed by atoms with Gasteiger partial charge in [0, 0.05) is 36.8 Å². The van der Waals surface area contributed by atoms with Gasteiger partial charge >= 0.3 is 0 Å². The van der Waals surface area contributed by atoms with Gasteiger partial charge in [-0.1, -0.05) is 42.1 Å². The normalized spacial score (nSPS) is 11.2. The summed E-state index contributed by atoms with van der Waals surface area (Å²) < 4.78 is 2.05. The predicted molar refractivity (Wildman–Crippen MR) is 98.9 cm³/mol. The minimum absolute atomic E-state index is 0.748. The molecule has 0 saturated heterocycles. The summed E-state index contributed by atoms with van der Waals surface area (Å²) in [6, 6.07) is 10.4. The van der Waals surface area contributed by atoms with Crippen LogP contribution in [0.5, 0.6) is 0 Å². The van der Waals surface area contributed by atoms with E-state index in [1.807, 2.05) is 18.5 Å². The smallest absolute Gasteiger partial charge is 0.187 e. The third-order valence-corrected chi connectivity index (χ3v) is 4.74. The number of hydrogen-bond acceptors (Lipinski definition) is 6. The number of rotatable bonds is 8. The molecule has 0 saturated carbocycles. The summed E-state index contributed by atoms with van der Waals surface area (Å²) in [5.74, 6) is 1.85. The number of benzene rings is 1. The third kappa shape index (κ3) is 5.11. The largest absolute Gasteiger partial charge is 0.317 e. The molecule has 0 aliphatic carbocycles. The fraction of sp³-hybridized carbons (Fsp3) is 0.333. The molecule has 3 aromatic rings. The molecule has 0 amide bonds. The van der Waals surface area contributed by atoms with Gasteiger partial charge in [0.15, 0.2) is 5.16 Å². The van der Waals surface area contributed by atoms with Gasteiger partial charge < -0.3 is 4.57 Å². The van der Waals surface area contributed by atoms with Gasteiger partial charge in [-0.2, -0.15) is 0 Å². The maximum absolute atomic E-state index is 4.47. The first-order valence-corrected chi connectivity index (χ1v) is 9.26. The lowest BCUT2D eigenvalue weighted by molar-refractivity contribution is 0.304. The van der Waals surface area contributed by atoms with E-state index in [2.05, 4.69) is 67.9 Å². The Balaban J connectivity index is 1.51. The average molecular weight is 354 g/mol. The minimum Gasteiger partial charge on any atom is -0.317 e. The number of thioether (sulfide) groups is 1. The molecule has 3 rings (SSSR count). The fourth-order valence-electron chi connectivity index (χ4n) is 2.50. The van der Waals surface area contributed by atoms with Gasteiger partial charge in [-0.05, 0) is 19.5 Å². The van der Waals surface area contributed by atoms with Crippen LogP contribution in [0.25, 0.3) is 0 Å². The van der Waals surface area contributed by atoms with E-state index in [1.54, 1.807) is 18.1 Å². The van der Waals surface area contributed by atoms with E-state index >= 15 is 0 Å². The number of hydrogen-bond donors (Lipinski definition) is 0. The first-order chi connectivity index (χ1) is 12.2. The standard InChI is InChI=1S/C18H22N6S/c1-3-24-14-21-22-17(24)12-23(2)11-16-9-19-18(20-10-16)25-13-15-7-5-4-6-8-15/h4-10,14H,3,11-13H2,1-2H3. The molecule has 0 unspecified atom stereocenters. The Hall–Kier alpha value is -2.25. The molecule has 0 bridgehead atoms. The molecule has 0 atom stereocenters. The lowest BCUT2D eigenvalue weighted by Crippen LogP contribution is -2.20. The van der Waals surface area contributed by atoms with Crippen LogP contribution < -0.4 is 0 Å². The van der Waals surface area contributed by atoms with Crippen molar-refractivity contribution in [3.05, 3.63) is 66.0 Å². The monoisotopic (exact) mass is 354 g/mol. The summed E-state index contributed by atoms with van der Waals surface area (Å²) in [5.41, 5.74) is 2.37. The molecular formula is C18H22N6S. The molecule has 25 heavy (non-hydrogen) atoms. The van der Waals surface area contributed by atoms with Crippen molar-refractivity contribution in [3.8, 4) is 0 Å². The van der Waals surface area contributed by atoms with Crippen LogP contribution in [-0.4, -0.2) is 36.7 Å². The quantitative estimate of drug-likeness (QED) is 0.458. The predicted octanol–water partition coefficient (Wildman–Crippen LogP) is 3.01. The SMILES string of the molecule is CCn1cnnc1CN(C)Cc1cnc(SCc2ccccc2)nc1. The zero-order chi connectivity index (χ0) is 17.5. The lowest BCUT2D eigenvalue weighted by Gasteiger charge is -2.16. The second kappa shape index (κ2) is 8.73. The van der Waals surface area contributed by atoms with Crippen LogP contribution in [0.3, 0.4) is 0 Å². The van der Waals surface area contributed by atoms with E-state index in [0.29, 0.717) is 0 Å². The fourth-order valence-corrected chi connectivity index (χ4v) is 3.24. The lowest BCUT2D eigenvalue weighted by atomic mass is 10.2. The second-order valence-electron chi connectivity index (χ2n) is 5.85. The molecule has 1 aromatic carbocycles. The highest BCUT2D eigenvalue weighted by atomic mass is 32.2. The summed E-state index contributed by atoms with van der Waals surface area (Å²) in [6.07, 6.45) is 5.58. The van der Waals surface area contributed by atoms with Crippen LogP contribution in [0, 0.1) is 0 Å². The minimum atomic E-state index is 0.748. The van der Waals surface area contributed by atoms with Crippen LogP contribution in [-0.2, 0) is 25.4 Å². The number of aryl methyl sites for hydroxylation is 1. The molecule has 7 heteroatoms. The van der Waals surface area contributed by atoms with Crippen molar-refractivity contribution in [2.45, 2.75) is 37.5 Å². The molecule has 130 valence electrons. The van der Waals surface area contributed by atoms with Crippen molar-refractivity contribution in [2.24, 2.45) is 0 Å². The molecule has 6 nitrogen and oxygen atoms in total. The van der Waals surface area contributed by atoms with Gasteiger partial charge in [0.05, 0.1) is 6.54 Å². The Bertz CT molecular complexity index is 772. The van der Waals surface area contributed by atoms with Crippen molar-refractivity contribution < 1.29 is 0 Å². The Kier molecular flexibility index (Phi) is 6.14. The summed E-state index contributed by atoms with van der Waals surface area (Å²) in [4.78, 5) is 11.1. The second-order valence-corrected chi connectivity index (χ2v) is 6.80. The topological polar surface area (TPSA) is 59.7 Å². The van der Waals surface area contributed by atoms with Gasteiger partial charge in [-0.15, -0.1) is 10.2 Å². The van der Waals surface area contributed by atoms with Crippen molar-refractivity contribution in [2.75, 3.05) is 7.05 Å². The summed E-state index contributed by atoms with van der Waals surface area (Å²) in [5, 5.41) is 8.95. The van der Waals surface area contributed by atoms with Gasteiger partial charge in [0.2, 0.25) is 0 Å². The van der Waals surface area contributed by atoms with E-state index in [4.69, 9.17) is 0 Å². The van der Waals surface area contributed by atoms with Gasteiger partial charge in [-0.3, -0.25) is 4.90 Å². The van der Waals surface area contributed by atoms with E-state index in [-0.39, 0.29) is 0 Å². The zero-order valence-corrected chi connectivity index (χ0v) is 15.4. The highest BCUT2D eigenvalue weighted by Crippen LogP contribution is 2.18. The molecule has 0 fully saturated rings. The molecule has 2 heterocycles. The molecule has 0 aliphatic rings. The summed E-state index contributed by atoms with van der Waals surface area (Å²) in [7, 11) is 2.06. The number of nitrogens with zero attached hydrogens (tertiary/aromatic N) is 6. The maximum atomic E-state index is 4.47. The van der Waals surface area contributed by atoms with E-state index in [0.717, 1.165) is 41.9 Å². The Labute approximate surface area is 152 Å². The van der Waals surface area contributed by atoms with Crippen molar-refractivity contribution in [3.63, 3.8) is 0 Å². The maximum Gasteiger partial charge on any atom is 0.187 e. The van der Waals surface area contributed by atoms with Gasteiger partial charge in [0.1, 0.15) is 12.2 Å². The van der Waals surface area contributed by atoms with E-state index in [9.17, 15) is 0 Å². The van der Waals surface area contributed by atoms with Crippen LogP contribution >= 0.6 is 11.8 Å². The zero-order valence-electron chi connectivity index (χ0n) is 14.5. The first-order valence-electron chi connectivity index (χ1n) is 8.27. The summed E-state index contributed by atoms with van der Waals surface area (Å²) in [6.45, 7) is 4.50. The van der Waals surface area contributed by atoms with Gasteiger partial charge in [0.25, 0.3) is 0 Å². The number of aromatic nitrogens is 5. The third-order valence-electron chi connectivity index (χ3n) is 3.79. The molecule has 0 radical (unpaired) electrons. The molecule has 0 aliphatic heterocycles.